The highest BCUT2D eigenvalue weighted by molar-refractivity contribution is 5.68. The molecule has 1 N–H and O–H groups in total. The molecule has 1 saturated carbocycles. The first-order chi connectivity index (χ1) is 10.8. The molecule has 1 saturated heterocycles. The summed E-state index contributed by atoms with van der Waals surface area (Å²) in [4.78, 5) is 14.2. The Labute approximate surface area is 141 Å². The molecule has 0 spiro atoms. The van der Waals surface area contributed by atoms with E-state index in [-0.39, 0.29) is 12.1 Å². The van der Waals surface area contributed by atoms with Crippen LogP contribution in [0.2, 0.25) is 0 Å². The number of ether oxygens (including phenoxy) is 2. The van der Waals surface area contributed by atoms with Crippen molar-refractivity contribution in [3.05, 3.63) is 0 Å². The van der Waals surface area contributed by atoms with Gasteiger partial charge < -0.3 is 14.8 Å². The summed E-state index contributed by atoms with van der Waals surface area (Å²) >= 11 is 0. The van der Waals surface area contributed by atoms with Gasteiger partial charge in [-0.25, -0.2) is 4.79 Å². The molecule has 1 amide bonds. The van der Waals surface area contributed by atoms with Gasteiger partial charge in [-0.15, -0.1) is 0 Å². The van der Waals surface area contributed by atoms with E-state index in [9.17, 15) is 4.79 Å². The SMILES string of the molecule is CC1CCC(NCC2COCCN2C(=O)OC(C)(C)C)CC1C. The average molecular weight is 326 g/mol. The maximum absolute atomic E-state index is 12.4. The molecule has 2 fully saturated rings. The Morgan fingerprint density at radius 2 is 2.00 bits per heavy atom. The fraction of sp³-hybridized carbons (Fsp3) is 0.944. The fourth-order valence-electron chi connectivity index (χ4n) is 3.42. The van der Waals surface area contributed by atoms with Crippen molar-refractivity contribution >= 4 is 6.09 Å². The van der Waals surface area contributed by atoms with E-state index in [1.165, 1.54) is 19.3 Å². The van der Waals surface area contributed by atoms with Crippen LogP contribution in [0.15, 0.2) is 0 Å². The van der Waals surface area contributed by atoms with E-state index < -0.39 is 5.60 Å². The van der Waals surface area contributed by atoms with Crippen molar-refractivity contribution in [1.29, 1.82) is 0 Å². The highest BCUT2D eigenvalue weighted by Crippen LogP contribution is 2.29. The Balaban J connectivity index is 1.85. The molecule has 0 aromatic carbocycles. The van der Waals surface area contributed by atoms with Crippen molar-refractivity contribution in [2.45, 2.75) is 71.6 Å². The monoisotopic (exact) mass is 326 g/mol. The molecule has 4 unspecified atom stereocenters. The molecule has 1 heterocycles. The Bertz CT molecular complexity index is 394. The number of hydrogen-bond acceptors (Lipinski definition) is 4. The molecular weight excluding hydrogens is 292 g/mol. The lowest BCUT2D eigenvalue weighted by atomic mass is 9.79. The van der Waals surface area contributed by atoms with Crippen molar-refractivity contribution in [2.24, 2.45) is 11.8 Å². The van der Waals surface area contributed by atoms with Crippen LogP contribution in [0.25, 0.3) is 0 Å². The smallest absolute Gasteiger partial charge is 0.410 e. The van der Waals surface area contributed by atoms with Gasteiger partial charge in [0.25, 0.3) is 0 Å². The Morgan fingerprint density at radius 1 is 1.26 bits per heavy atom. The summed E-state index contributed by atoms with van der Waals surface area (Å²) in [6.45, 7) is 13.0. The number of carbonyl (C=O) groups excluding carboxylic acids is 1. The minimum absolute atomic E-state index is 0.0632. The first-order valence-electron chi connectivity index (χ1n) is 9.07. The first kappa shape index (κ1) is 18.5. The van der Waals surface area contributed by atoms with Crippen LogP contribution in [0.5, 0.6) is 0 Å². The van der Waals surface area contributed by atoms with Gasteiger partial charge in [0.15, 0.2) is 0 Å². The van der Waals surface area contributed by atoms with Gasteiger partial charge in [0.1, 0.15) is 5.60 Å². The normalized spacial score (nSPS) is 32.7. The van der Waals surface area contributed by atoms with E-state index in [1.54, 1.807) is 0 Å². The molecule has 134 valence electrons. The fourth-order valence-corrected chi connectivity index (χ4v) is 3.42. The Morgan fingerprint density at radius 3 is 2.65 bits per heavy atom. The summed E-state index contributed by atoms with van der Waals surface area (Å²) in [5.41, 5.74) is -0.456. The molecule has 5 nitrogen and oxygen atoms in total. The lowest BCUT2D eigenvalue weighted by Gasteiger charge is -2.38. The summed E-state index contributed by atoms with van der Waals surface area (Å²) in [5.74, 6) is 1.59. The predicted molar refractivity (Wildman–Crippen MR) is 91.5 cm³/mol. The molecular formula is C18H34N2O3. The van der Waals surface area contributed by atoms with Crippen LogP contribution in [-0.4, -0.2) is 55.0 Å². The van der Waals surface area contributed by atoms with Crippen LogP contribution >= 0.6 is 0 Å². The third kappa shape index (κ3) is 5.64. The van der Waals surface area contributed by atoms with Gasteiger partial charge in [-0.05, 0) is 51.9 Å². The zero-order valence-corrected chi connectivity index (χ0v) is 15.4. The van der Waals surface area contributed by atoms with E-state index in [4.69, 9.17) is 9.47 Å². The maximum atomic E-state index is 12.4. The second kappa shape index (κ2) is 7.84. The minimum atomic E-state index is -0.456. The maximum Gasteiger partial charge on any atom is 0.410 e. The molecule has 5 heteroatoms. The molecule has 0 aromatic rings. The van der Waals surface area contributed by atoms with Gasteiger partial charge in [0.2, 0.25) is 0 Å². The van der Waals surface area contributed by atoms with Gasteiger partial charge >= 0.3 is 6.09 Å². The van der Waals surface area contributed by atoms with E-state index in [0.29, 0.717) is 25.8 Å². The highest BCUT2D eigenvalue weighted by Gasteiger charge is 2.32. The molecule has 0 bridgehead atoms. The van der Waals surface area contributed by atoms with Crippen molar-refractivity contribution in [3.63, 3.8) is 0 Å². The van der Waals surface area contributed by atoms with Gasteiger partial charge in [0.05, 0.1) is 19.3 Å². The van der Waals surface area contributed by atoms with Gasteiger partial charge in [-0.1, -0.05) is 13.8 Å². The number of nitrogens with one attached hydrogen (secondary N) is 1. The van der Waals surface area contributed by atoms with Crippen molar-refractivity contribution in [3.8, 4) is 0 Å². The molecule has 23 heavy (non-hydrogen) atoms. The second-order valence-electron chi connectivity index (χ2n) is 8.28. The molecule has 0 radical (unpaired) electrons. The van der Waals surface area contributed by atoms with E-state index >= 15 is 0 Å². The standard InChI is InChI=1S/C18H34N2O3/c1-13-6-7-15(10-14(13)2)19-11-16-12-22-9-8-20(16)17(21)23-18(3,4)5/h13-16,19H,6-12H2,1-5H3. The average Bonchev–Trinajstić information content (AvgIpc) is 2.47. The largest absolute Gasteiger partial charge is 0.444 e. The molecule has 0 aromatic heterocycles. The zero-order chi connectivity index (χ0) is 17.0. The third-order valence-electron chi connectivity index (χ3n) is 5.10. The minimum Gasteiger partial charge on any atom is -0.444 e. The van der Waals surface area contributed by atoms with E-state index in [0.717, 1.165) is 18.4 Å². The lowest BCUT2D eigenvalue weighted by molar-refractivity contribution is -0.0326. The zero-order valence-electron chi connectivity index (χ0n) is 15.4. The van der Waals surface area contributed by atoms with Crippen molar-refractivity contribution in [2.75, 3.05) is 26.3 Å². The van der Waals surface area contributed by atoms with Crippen LogP contribution in [0, 0.1) is 11.8 Å². The van der Waals surface area contributed by atoms with Crippen LogP contribution in [-0.2, 0) is 9.47 Å². The van der Waals surface area contributed by atoms with E-state index in [1.807, 2.05) is 25.7 Å². The summed E-state index contributed by atoms with van der Waals surface area (Å²) in [6, 6.07) is 0.622. The van der Waals surface area contributed by atoms with Crippen LogP contribution < -0.4 is 5.32 Å². The Hall–Kier alpha value is -0.810. The molecule has 2 rings (SSSR count). The number of amides is 1. The molecule has 1 aliphatic heterocycles. The number of nitrogens with zero attached hydrogens (tertiary/aromatic N) is 1. The molecule has 2 aliphatic rings. The van der Waals surface area contributed by atoms with Gasteiger partial charge in [0, 0.05) is 19.1 Å². The quantitative estimate of drug-likeness (QED) is 0.866. The van der Waals surface area contributed by atoms with Gasteiger partial charge in [-0.3, -0.25) is 4.90 Å². The highest BCUT2D eigenvalue weighted by atomic mass is 16.6. The predicted octanol–water partition coefficient (Wildman–Crippen LogP) is 3.04. The summed E-state index contributed by atoms with van der Waals surface area (Å²) in [6.07, 6.45) is 3.51. The molecule has 4 atom stereocenters. The van der Waals surface area contributed by atoms with Gasteiger partial charge in [-0.2, -0.15) is 0 Å². The second-order valence-corrected chi connectivity index (χ2v) is 8.28. The van der Waals surface area contributed by atoms with Crippen molar-refractivity contribution in [1.82, 2.24) is 10.2 Å². The Kier molecular flexibility index (Phi) is 6.32. The molecule has 1 aliphatic carbocycles. The number of morpholine rings is 1. The first-order valence-corrected chi connectivity index (χ1v) is 9.07. The summed E-state index contributed by atoms with van der Waals surface area (Å²) in [5, 5.41) is 3.66. The van der Waals surface area contributed by atoms with E-state index in [2.05, 4.69) is 19.2 Å². The van der Waals surface area contributed by atoms with Crippen LogP contribution in [0.1, 0.15) is 53.9 Å². The lowest BCUT2D eigenvalue weighted by Crippen LogP contribution is -2.55. The van der Waals surface area contributed by atoms with Crippen LogP contribution in [0.4, 0.5) is 4.79 Å². The third-order valence-corrected chi connectivity index (χ3v) is 5.10. The summed E-state index contributed by atoms with van der Waals surface area (Å²) < 4.78 is 11.1. The topological polar surface area (TPSA) is 50.8 Å². The van der Waals surface area contributed by atoms with Crippen molar-refractivity contribution < 1.29 is 14.3 Å². The number of rotatable bonds is 3. The number of hydrogen-bond donors (Lipinski definition) is 1. The summed E-state index contributed by atoms with van der Waals surface area (Å²) in [7, 11) is 0. The number of carbonyl (C=O) groups is 1. The van der Waals surface area contributed by atoms with Crippen LogP contribution in [0.3, 0.4) is 0 Å².